The second-order valence-corrected chi connectivity index (χ2v) is 11.1. The van der Waals surface area contributed by atoms with Crippen molar-refractivity contribution < 1.29 is 34.2 Å². The highest BCUT2D eigenvalue weighted by Crippen LogP contribution is 2.46. The van der Waals surface area contributed by atoms with Crippen LogP contribution in [0.2, 0.25) is 0 Å². The number of hydrogen-bond acceptors (Lipinski definition) is 4. The van der Waals surface area contributed by atoms with Crippen molar-refractivity contribution in [3.63, 3.8) is 0 Å². The van der Waals surface area contributed by atoms with E-state index in [0.717, 1.165) is 18.3 Å². The fraction of sp³-hybridized carbons (Fsp3) is 0.391. The average molecular weight is 581 g/mol. The summed E-state index contributed by atoms with van der Waals surface area (Å²) in [6.45, 7) is 5.03. The van der Waals surface area contributed by atoms with Crippen LogP contribution in [-0.4, -0.2) is 23.2 Å². The zero-order valence-corrected chi connectivity index (χ0v) is 20.9. The first kappa shape index (κ1) is 18.9. The summed E-state index contributed by atoms with van der Waals surface area (Å²) in [5.74, 6) is -3.89. The molecule has 0 amide bonds. The lowest BCUT2D eigenvalue weighted by molar-refractivity contribution is -0.141. The number of benzene rings is 1. The van der Waals surface area contributed by atoms with Crippen LogP contribution < -0.4 is 4.72 Å². The van der Waals surface area contributed by atoms with E-state index in [9.17, 15) is 27.4 Å². The summed E-state index contributed by atoms with van der Waals surface area (Å²) in [7, 11) is -5.06. The van der Waals surface area contributed by atoms with Crippen molar-refractivity contribution in [3.05, 3.63) is 64.3 Å². The molecule has 1 saturated carbocycles. The Kier molecular flexibility index (Phi) is 4.84. The Balaban J connectivity index is 2.02. The lowest BCUT2D eigenvalue weighted by Gasteiger charge is -2.25. The smallest absolute Gasteiger partial charge is 0.259 e. The van der Waals surface area contributed by atoms with Gasteiger partial charge in [0.25, 0.3) is 0 Å². The number of rotatable bonds is 6. The van der Waals surface area contributed by atoms with Gasteiger partial charge in [0.15, 0.2) is 0 Å². The molecule has 0 aliphatic heterocycles. The molecule has 2 aromatic heterocycles. The minimum atomic E-state index is -5.06. The van der Waals surface area contributed by atoms with Crippen LogP contribution in [0.15, 0.2) is 52.1 Å². The molecule has 1 N–H and O–H groups in total. The Hall–Kier alpha value is -2.31. The van der Waals surface area contributed by atoms with Gasteiger partial charge in [-0.15, -0.1) is 0 Å². The Morgan fingerprint density at radius 2 is 1.91 bits per heavy atom. The van der Waals surface area contributed by atoms with E-state index in [0.29, 0.717) is 18.3 Å². The van der Waals surface area contributed by atoms with E-state index in [-0.39, 0.29) is 15.7 Å². The first-order chi connectivity index (χ1) is 18.4. The van der Waals surface area contributed by atoms with Gasteiger partial charge in [-0.25, -0.2) is 17.5 Å². The second kappa shape index (κ2) is 8.97. The molecular weight excluding hydrogens is 552 g/mol. The molecule has 1 atom stereocenters. The predicted molar refractivity (Wildman–Crippen MR) is 125 cm³/mol. The van der Waals surface area contributed by atoms with Gasteiger partial charge >= 0.3 is 6.18 Å². The molecule has 2 heterocycles. The molecule has 0 saturated heterocycles. The van der Waals surface area contributed by atoms with Gasteiger partial charge in [-0.05, 0) is 69.7 Å². The second-order valence-electron chi connectivity index (χ2n) is 8.60. The molecule has 4 rings (SSSR count). The zero-order valence-electron chi connectivity index (χ0n) is 24.5. The molecular formula is C23H23BrF4N4O2S. The number of sulfonamides is 1. The highest BCUT2D eigenvalue weighted by molar-refractivity contribution is 9.10. The molecule has 0 bridgehead atoms. The van der Waals surface area contributed by atoms with E-state index in [1.165, 1.54) is 10.7 Å². The molecule has 1 fully saturated rings. The summed E-state index contributed by atoms with van der Waals surface area (Å²) >= 11 is 3.28. The highest BCUT2D eigenvalue weighted by Gasteiger charge is 2.40. The van der Waals surface area contributed by atoms with E-state index >= 15 is 0 Å². The molecule has 6 nitrogen and oxygen atoms in total. The van der Waals surface area contributed by atoms with E-state index in [1.54, 1.807) is 20.8 Å². The summed E-state index contributed by atoms with van der Waals surface area (Å²) in [6, 6.07) is 1.22. The summed E-state index contributed by atoms with van der Waals surface area (Å²) in [6.07, 6.45) is -9.73. The highest BCUT2D eigenvalue weighted by atomic mass is 79.9. The Morgan fingerprint density at radius 1 is 1.23 bits per heavy atom. The minimum Gasteiger partial charge on any atom is -0.259 e. The quantitative estimate of drug-likeness (QED) is 0.360. The number of pyridine rings is 1. The first-order valence-electron chi connectivity index (χ1n) is 13.0. The maximum Gasteiger partial charge on any atom is 0.433 e. The topological polar surface area (TPSA) is 76.9 Å². The van der Waals surface area contributed by atoms with Gasteiger partial charge in [0.2, 0.25) is 10.0 Å². The van der Waals surface area contributed by atoms with Crippen LogP contribution in [0.5, 0.6) is 0 Å². The van der Waals surface area contributed by atoms with Crippen LogP contribution in [0.3, 0.4) is 0 Å². The van der Waals surface area contributed by atoms with Gasteiger partial charge < -0.3 is 0 Å². The number of hydrogen-bond donors (Lipinski definition) is 1. The van der Waals surface area contributed by atoms with Crippen molar-refractivity contribution in [1.82, 2.24) is 19.5 Å². The molecule has 1 aromatic carbocycles. The van der Waals surface area contributed by atoms with Gasteiger partial charge in [0, 0.05) is 28.7 Å². The van der Waals surface area contributed by atoms with Crippen LogP contribution in [-0.2, 0) is 21.7 Å². The molecule has 0 spiro atoms. The van der Waals surface area contributed by atoms with Crippen molar-refractivity contribution >= 4 is 26.0 Å². The summed E-state index contributed by atoms with van der Waals surface area (Å²) < 4.78 is 135. The van der Waals surface area contributed by atoms with Gasteiger partial charge in [-0.1, -0.05) is 15.9 Å². The van der Waals surface area contributed by atoms with Crippen molar-refractivity contribution in [3.8, 4) is 11.3 Å². The molecule has 188 valence electrons. The fourth-order valence-electron chi connectivity index (χ4n) is 3.28. The molecule has 0 unspecified atom stereocenters. The first-order valence-corrected chi connectivity index (χ1v) is 12.3. The van der Waals surface area contributed by atoms with E-state index in [1.807, 2.05) is 4.72 Å². The van der Waals surface area contributed by atoms with Crippen molar-refractivity contribution in [2.24, 2.45) is 5.89 Å². The van der Waals surface area contributed by atoms with Crippen molar-refractivity contribution in [1.29, 1.82) is 0 Å². The van der Waals surface area contributed by atoms with Gasteiger partial charge in [-0.2, -0.15) is 18.3 Å². The largest absolute Gasteiger partial charge is 0.433 e. The number of halogens is 5. The Morgan fingerprint density at radius 3 is 2.46 bits per heavy atom. The van der Waals surface area contributed by atoms with Crippen molar-refractivity contribution in [2.45, 2.75) is 56.1 Å². The summed E-state index contributed by atoms with van der Waals surface area (Å²) in [4.78, 5) is 2.25. The number of alkyl halides is 3. The maximum atomic E-state index is 14.4. The van der Waals surface area contributed by atoms with Crippen LogP contribution >= 0.6 is 15.9 Å². The molecule has 35 heavy (non-hydrogen) atoms. The van der Waals surface area contributed by atoms with Crippen LogP contribution in [0.4, 0.5) is 17.6 Å². The zero-order chi connectivity index (χ0) is 31.2. The summed E-state index contributed by atoms with van der Waals surface area (Å²) in [5, 5.41) is 4.23. The minimum absolute atomic E-state index is 0.0322. The number of nitrogens with one attached hydrogen (secondary N) is 1. The summed E-state index contributed by atoms with van der Waals surface area (Å²) in [5.41, 5.74) is -2.90. The monoisotopic (exact) mass is 580 g/mol. The van der Waals surface area contributed by atoms with Gasteiger partial charge in [0.1, 0.15) is 16.4 Å². The van der Waals surface area contributed by atoms with Crippen LogP contribution in [0.1, 0.15) is 59.0 Å². The average Bonchev–Trinajstić information content (AvgIpc) is 3.16. The molecule has 1 aliphatic carbocycles. The maximum absolute atomic E-state index is 14.4. The van der Waals surface area contributed by atoms with Gasteiger partial charge in [0.05, 0.1) is 24.8 Å². The van der Waals surface area contributed by atoms with Crippen LogP contribution in [0.25, 0.3) is 11.3 Å². The Labute approximate surface area is 217 Å². The van der Waals surface area contributed by atoms with Crippen LogP contribution in [0, 0.1) is 11.7 Å². The third-order valence-corrected chi connectivity index (χ3v) is 6.96. The predicted octanol–water partition coefficient (Wildman–Crippen LogP) is 6.05. The standard InChI is InChI=1S/C23H23BrF4N4O2S/c1-22(2,3)32-21(16-10-14(25)6-8-18(16)24)17(12-30-32)20(13-4-5-13)31-35(33,34)15-7-9-19(29-11-15)23(26,27)28/h6-13,20,31H,4-5H2,1-3H3/t20-/m1/s1/i4D2,5D2,13D,20D. The Bertz CT molecular complexity index is 1610. The van der Waals surface area contributed by atoms with E-state index < -0.39 is 68.4 Å². The molecule has 12 heteroatoms. The third-order valence-electron chi connectivity index (χ3n) is 4.93. The normalized spacial score (nSPS) is 23.1. The molecule has 1 aliphatic rings. The SMILES string of the molecule is [2H]C1([2H])C([2H])([2H])C1([2H])[C@@]([2H])(NS(=O)(=O)c1ccc(C(F)(F)F)nc1)c1cnn(C(C)(C)C)c1-c1cc(F)ccc1Br. The van der Waals surface area contributed by atoms with Gasteiger partial charge in [-0.3, -0.25) is 9.67 Å². The lowest BCUT2D eigenvalue weighted by atomic mass is 9.98. The number of aromatic nitrogens is 3. The number of nitrogens with zero attached hydrogens (tertiary/aromatic N) is 3. The van der Waals surface area contributed by atoms with E-state index in [2.05, 4.69) is 26.0 Å². The lowest BCUT2D eigenvalue weighted by Crippen LogP contribution is -2.31. The fourth-order valence-corrected chi connectivity index (χ4v) is 4.75. The van der Waals surface area contributed by atoms with Crippen molar-refractivity contribution in [2.75, 3.05) is 0 Å². The molecule has 0 radical (unpaired) electrons. The molecule has 3 aromatic rings. The third kappa shape index (κ3) is 5.44. The van der Waals surface area contributed by atoms with E-state index in [4.69, 9.17) is 6.85 Å².